The van der Waals surface area contributed by atoms with Crippen LogP contribution in [0.1, 0.15) is 22.9 Å². The molecule has 27 heavy (non-hydrogen) atoms. The van der Waals surface area contributed by atoms with Crippen LogP contribution < -0.4 is 5.32 Å². The molecule has 1 N–H and O–H groups in total. The lowest BCUT2D eigenvalue weighted by Gasteiger charge is -2.36. The summed E-state index contributed by atoms with van der Waals surface area (Å²) in [5.41, 5.74) is 4.64. The highest BCUT2D eigenvalue weighted by Gasteiger charge is 2.24. The highest BCUT2D eigenvalue weighted by molar-refractivity contribution is 6.30. The molecule has 7 heteroatoms. The van der Waals surface area contributed by atoms with Crippen molar-refractivity contribution in [2.45, 2.75) is 19.5 Å². The van der Waals surface area contributed by atoms with Crippen LogP contribution in [0.5, 0.6) is 0 Å². The van der Waals surface area contributed by atoms with E-state index < -0.39 is 0 Å². The SMILES string of the molecule is Cc1nn(-c2ccc(Cl)cc2)cc1CN1CCNCC1c1ccncc1.Cl. The van der Waals surface area contributed by atoms with Gasteiger partial charge in [-0.1, -0.05) is 11.6 Å². The van der Waals surface area contributed by atoms with E-state index in [1.165, 1.54) is 11.1 Å². The summed E-state index contributed by atoms with van der Waals surface area (Å²) < 4.78 is 1.94. The second-order valence-electron chi connectivity index (χ2n) is 6.63. The van der Waals surface area contributed by atoms with Gasteiger partial charge in [-0.15, -0.1) is 12.4 Å². The average Bonchev–Trinajstić information content (AvgIpc) is 3.04. The predicted molar refractivity (Wildman–Crippen MR) is 111 cm³/mol. The first-order valence-corrected chi connectivity index (χ1v) is 9.24. The van der Waals surface area contributed by atoms with Crippen molar-refractivity contribution in [1.82, 2.24) is 25.0 Å². The van der Waals surface area contributed by atoms with Crippen molar-refractivity contribution in [3.63, 3.8) is 0 Å². The molecule has 142 valence electrons. The molecule has 0 amide bonds. The summed E-state index contributed by atoms with van der Waals surface area (Å²) >= 11 is 5.99. The molecular formula is C20H23Cl2N5. The van der Waals surface area contributed by atoms with Crippen LogP contribution >= 0.6 is 24.0 Å². The number of rotatable bonds is 4. The van der Waals surface area contributed by atoms with Crippen molar-refractivity contribution in [3.05, 3.63) is 76.8 Å². The van der Waals surface area contributed by atoms with Gasteiger partial charge in [-0.05, 0) is 48.9 Å². The largest absolute Gasteiger partial charge is 0.314 e. The van der Waals surface area contributed by atoms with E-state index in [4.69, 9.17) is 16.7 Å². The molecule has 2 aromatic heterocycles. The molecule has 1 unspecified atom stereocenters. The maximum atomic E-state index is 5.99. The number of nitrogens with one attached hydrogen (secondary N) is 1. The number of pyridine rings is 1. The molecule has 1 saturated heterocycles. The minimum Gasteiger partial charge on any atom is -0.314 e. The lowest BCUT2D eigenvalue weighted by molar-refractivity contribution is 0.153. The van der Waals surface area contributed by atoms with Crippen molar-refractivity contribution in [3.8, 4) is 5.69 Å². The van der Waals surface area contributed by atoms with Gasteiger partial charge in [0.1, 0.15) is 0 Å². The Balaban J connectivity index is 0.00000210. The number of hydrogen-bond acceptors (Lipinski definition) is 4. The van der Waals surface area contributed by atoms with Crippen LogP contribution in [0.4, 0.5) is 0 Å². The Labute approximate surface area is 170 Å². The molecule has 0 bridgehead atoms. The van der Waals surface area contributed by atoms with E-state index in [2.05, 4.69) is 40.5 Å². The number of piperazine rings is 1. The van der Waals surface area contributed by atoms with E-state index in [0.717, 1.165) is 42.6 Å². The summed E-state index contributed by atoms with van der Waals surface area (Å²) in [5, 5.41) is 8.93. The fourth-order valence-corrected chi connectivity index (χ4v) is 3.57. The third-order valence-electron chi connectivity index (χ3n) is 4.91. The average molecular weight is 404 g/mol. The summed E-state index contributed by atoms with van der Waals surface area (Å²) in [6.07, 6.45) is 5.86. The van der Waals surface area contributed by atoms with Crippen molar-refractivity contribution >= 4 is 24.0 Å². The zero-order valence-corrected chi connectivity index (χ0v) is 16.7. The van der Waals surface area contributed by atoms with Gasteiger partial charge in [-0.2, -0.15) is 5.10 Å². The smallest absolute Gasteiger partial charge is 0.0646 e. The normalized spacial score (nSPS) is 17.5. The maximum Gasteiger partial charge on any atom is 0.0646 e. The number of benzene rings is 1. The second-order valence-corrected chi connectivity index (χ2v) is 7.07. The molecule has 1 aliphatic heterocycles. The third kappa shape index (κ3) is 4.50. The molecule has 3 aromatic rings. The van der Waals surface area contributed by atoms with E-state index in [0.29, 0.717) is 6.04 Å². The van der Waals surface area contributed by atoms with Gasteiger partial charge in [0.05, 0.1) is 11.4 Å². The van der Waals surface area contributed by atoms with Gasteiger partial charge in [0.25, 0.3) is 0 Å². The van der Waals surface area contributed by atoms with Crippen molar-refractivity contribution in [1.29, 1.82) is 0 Å². The first-order valence-electron chi connectivity index (χ1n) is 8.86. The fraction of sp³-hybridized carbons (Fsp3) is 0.300. The van der Waals surface area contributed by atoms with Gasteiger partial charge in [-0.3, -0.25) is 9.88 Å². The minimum atomic E-state index is 0. The zero-order valence-electron chi connectivity index (χ0n) is 15.2. The number of nitrogens with zero attached hydrogens (tertiary/aromatic N) is 4. The first-order chi connectivity index (χ1) is 12.7. The molecule has 4 rings (SSSR count). The van der Waals surface area contributed by atoms with Gasteiger partial charge < -0.3 is 5.32 Å². The van der Waals surface area contributed by atoms with Gasteiger partial charge in [0, 0.05) is 61.4 Å². The molecule has 5 nitrogen and oxygen atoms in total. The summed E-state index contributed by atoms with van der Waals surface area (Å²) in [4.78, 5) is 6.66. The summed E-state index contributed by atoms with van der Waals surface area (Å²) in [5.74, 6) is 0. The van der Waals surface area contributed by atoms with E-state index in [-0.39, 0.29) is 12.4 Å². The van der Waals surface area contributed by atoms with E-state index in [1.807, 2.05) is 41.3 Å². The van der Waals surface area contributed by atoms with Crippen LogP contribution in [-0.2, 0) is 6.54 Å². The summed E-state index contributed by atoms with van der Waals surface area (Å²) in [6, 6.07) is 12.3. The number of halogens is 2. The van der Waals surface area contributed by atoms with Crippen LogP contribution in [0.15, 0.2) is 55.0 Å². The monoisotopic (exact) mass is 403 g/mol. The van der Waals surface area contributed by atoms with Crippen LogP contribution in [0.2, 0.25) is 5.02 Å². The highest BCUT2D eigenvalue weighted by Crippen LogP contribution is 2.25. The molecule has 1 aromatic carbocycles. The number of aryl methyl sites for hydroxylation is 1. The quantitative estimate of drug-likeness (QED) is 0.719. The molecule has 0 saturated carbocycles. The first kappa shape index (κ1) is 19.8. The standard InChI is InChI=1S/C20H22ClN5.ClH/c1-15-17(14-26(24-15)19-4-2-18(21)3-5-19)13-25-11-10-23-12-20(25)16-6-8-22-9-7-16;/h2-9,14,20,23H,10-13H2,1H3;1H. The topological polar surface area (TPSA) is 46.0 Å². The van der Waals surface area contributed by atoms with Gasteiger partial charge >= 0.3 is 0 Å². The summed E-state index contributed by atoms with van der Waals surface area (Å²) in [6.45, 7) is 5.93. The van der Waals surface area contributed by atoms with Gasteiger partial charge in [0.15, 0.2) is 0 Å². The van der Waals surface area contributed by atoms with Crippen LogP contribution in [0.25, 0.3) is 5.69 Å². The fourth-order valence-electron chi connectivity index (χ4n) is 3.45. The van der Waals surface area contributed by atoms with E-state index in [1.54, 1.807) is 0 Å². The highest BCUT2D eigenvalue weighted by atomic mass is 35.5. The third-order valence-corrected chi connectivity index (χ3v) is 5.16. The minimum absolute atomic E-state index is 0. The van der Waals surface area contributed by atoms with Gasteiger partial charge in [0.2, 0.25) is 0 Å². The number of aromatic nitrogens is 3. The van der Waals surface area contributed by atoms with Crippen molar-refractivity contribution in [2.24, 2.45) is 0 Å². The summed E-state index contributed by atoms with van der Waals surface area (Å²) in [7, 11) is 0. The van der Waals surface area contributed by atoms with Crippen molar-refractivity contribution < 1.29 is 0 Å². The van der Waals surface area contributed by atoms with Crippen LogP contribution in [0, 0.1) is 6.92 Å². The molecule has 1 aliphatic rings. The zero-order chi connectivity index (χ0) is 17.9. The van der Waals surface area contributed by atoms with Crippen molar-refractivity contribution in [2.75, 3.05) is 19.6 Å². The molecule has 1 fully saturated rings. The Hall–Kier alpha value is -1.92. The van der Waals surface area contributed by atoms with Gasteiger partial charge in [-0.25, -0.2) is 4.68 Å². The molecule has 0 aliphatic carbocycles. The molecule has 1 atom stereocenters. The molecular weight excluding hydrogens is 381 g/mol. The Kier molecular flexibility index (Phi) is 6.50. The lowest BCUT2D eigenvalue weighted by atomic mass is 10.0. The second kappa shape index (κ2) is 8.85. The van der Waals surface area contributed by atoms with E-state index in [9.17, 15) is 0 Å². The van der Waals surface area contributed by atoms with E-state index >= 15 is 0 Å². The number of hydrogen-bond donors (Lipinski definition) is 1. The van der Waals surface area contributed by atoms with Crippen LogP contribution in [0.3, 0.4) is 0 Å². The Bertz CT molecular complexity index is 864. The molecule has 0 spiro atoms. The Morgan fingerprint density at radius 3 is 2.63 bits per heavy atom. The molecule has 0 radical (unpaired) electrons. The lowest BCUT2D eigenvalue weighted by Crippen LogP contribution is -2.45. The molecule has 3 heterocycles. The Morgan fingerprint density at radius 1 is 1.15 bits per heavy atom. The predicted octanol–water partition coefficient (Wildman–Crippen LogP) is 3.80. The van der Waals surface area contributed by atoms with Crippen LogP contribution in [-0.4, -0.2) is 39.3 Å². The Morgan fingerprint density at radius 2 is 1.89 bits per heavy atom. The maximum absolute atomic E-state index is 5.99.